The molecule has 2 aromatic heterocycles. The van der Waals surface area contributed by atoms with Crippen LogP contribution in [-0.2, 0) is 13.0 Å². The van der Waals surface area contributed by atoms with Gasteiger partial charge in [0.2, 0.25) is 0 Å². The smallest absolute Gasteiger partial charge is 0.276 e. The van der Waals surface area contributed by atoms with Crippen LogP contribution in [0.2, 0.25) is 0 Å². The molecule has 1 aliphatic carbocycles. The molecule has 0 atom stereocenters. The van der Waals surface area contributed by atoms with Crippen molar-refractivity contribution >= 4 is 11.6 Å². The lowest BCUT2D eigenvalue weighted by molar-refractivity contribution is 0.102. The normalized spacial score (nSPS) is 18.3. The van der Waals surface area contributed by atoms with Gasteiger partial charge in [0.25, 0.3) is 5.91 Å². The van der Waals surface area contributed by atoms with E-state index >= 15 is 0 Å². The van der Waals surface area contributed by atoms with Gasteiger partial charge >= 0.3 is 0 Å². The molecule has 4 rings (SSSR count). The molecule has 6 heteroatoms. The minimum atomic E-state index is -0.195. The number of anilines is 1. The summed E-state index contributed by atoms with van der Waals surface area (Å²) < 4.78 is 1.98. The van der Waals surface area contributed by atoms with E-state index in [9.17, 15) is 4.79 Å². The highest BCUT2D eigenvalue weighted by Gasteiger charge is 2.48. The van der Waals surface area contributed by atoms with Crippen molar-refractivity contribution in [2.45, 2.75) is 25.8 Å². The number of nitrogens with one attached hydrogen (secondary N) is 1. The second kappa shape index (κ2) is 3.63. The van der Waals surface area contributed by atoms with E-state index in [4.69, 9.17) is 0 Å². The summed E-state index contributed by atoms with van der Waals surface area (Å²) in [5, 5.41) is 14.5. The van der Waals surface area contributed by atoms with Crippen LogP contribution < -0.4 is 5.32 Å². The van der Waals surface area contributed by atoms with Gasteiger partial charge in [0.1, 0.15) is 0 Å². The van der Waals surface area contributed by atoms with E-state index in [2.05, 4.69) is 20.6 Å². The molecule has 0 bridgehead atoms. The minimum absolute atomic E-state index is 0.195. The molecule has 2 aliphatic rings. The predicted molar refractivity (Wildman–Crippen MR) is 67.6 cm³/mol. The molecule has 0 unspecified atom stereocenters. The Morgan fingerprint density at radius 2 is 2.26 bits per heavy atom. The number of nitrogens with zero attached hydrogens (tertiary/aromatic N) is 4. The first-order valence-corrected chi connectivity index (χ1v) is 6.39. The number of carbonyl (C=O) groups excluding carboxylic acids is 1. The highest BCUT2D eigenvalue weighted by Crippen LogP contribution is 2.53. The maximum atomic E-state index is 12.1. The first-order valence-electron chi connectivity index (χ1n) is 6.39. The van der Waals surface area contributed by atoms with Gasteiger partial charge in [-0.1, -0.05) is 0 Å². The van der Waals surface area contributed by atoms with Crippen LogP contribution in [0.15, 0.2) is 24.5 Å². The third kappa shape index (κ3) is 1.80. The van der Waals surface area contributed by atoms with Gasteiger partial charge in [-0.15, -0.1) is 0 Å². The van der Waals surface area contributed by atoms with Crippen molar-refractivity contribution in [2.24, 2.45) is 5.41 Å². The fraction of sp³-hybridized carbons (Fsp3) is 0.385. The molecular formula is C13H13N5O. The van der Waals surface area contributed by atoms with Crippen molar-refractivity contribution in [3.63, 3.8) is 0 Å². The number of hydrogen-bond acceptors (Lipinski definition) is 4. The van der Waals surface area contributed by atoms with Crippen LogP contribution in [0.4, 0.5) is 5.69 Å². The van der Waals surface area contributed by atoms with Crippen LogP contribution in [0.25, 0.3) is 0 Å². The molecule has 6 nitrogen and oxygen atoms in total. The van der Waals surface area contributed by atoms with Gasteiger partial charge in [-0.2, -0.15) is 15.3 Å². The first kappa shape index (κ1) is 10.7. The lowest BCUT2D eigenvalue weighted by Crippen LogP contribution is -2.14. The maximum Gasteiger partial charge on any atom is 0.276 e. The molecule has 96 valence electrons. The van der Waals surface area contributed by atoms with Crippen molar-refractivity contribution in [3.8, 4) is 0 Å². The zero-order chi connectivity index (χ0) is 12.9. The molecule has 2 aromatic rings. The highest BCUT2D eigenvalue weighted by molar-refractivity contribution is 6.02. The van der Waals surface area contributed by atoms with E-state index < -0.39 is 0 Å². The van der Waals surface area contributed by atoms with E-state index in [-0.39, 0.29) is 5.91 Å². The van der Waals surface area contributed by atoms with Crippen LogP contribution in [0, 0.1) is 5.41 Å². The quantitative estimate of drug-likeness (QED) is 0.876. The summed E-state index contributed by atoms with van der Waals surface area (Å²) in [4.78, 5) is 12.1. The number of carbonyl (C=O) groups is 1. The molecule has 3 heterocycles. The Morgan fingerprint density at radius 3 is 2.95 bits per heavy atom. The summed E-state index contributed by atoms with van der Waals surface area (Å²) in [6.07, 6.45) is 6.70. The van der Waals surface area contributed by atoms with Gasteiger partial charge in [0.15, 0.2) is 5.69 Å². The monoisotopic (exact) mass is 255 g/mol. The molecule has 1 amide bonds. The Hall–Kier alpha value is -2.24. The third-order valence-electron chi connectivity index (χ3n) is 3.94. The van der Waals surface area contributed by atoms with E-state index in [1.807, 2.05) is 10.7 Å². The van der Waals surface area contributed by atoms with Crippen LogP contribution in [0.1, 0.15) is 29.0 Å². The fourth-order valence-electron chi connectivity index (χ4n) is 2.67. The summed E-state index contributed by atoms with van der Waals surface area (Å²) >= 11 is 0. The second-order valence-corrected chi connectivity index (χ2v) is 5.44. The molecule has 0 saturated heterocycles. The van der Waals surface area contributed by atoms with Crippen molar-refractivity contribution in [1.29, 1.82) is 0 Å². The summed E-state index contributed by atoms with van der Waals surface area (Å²) in [6.45, 7) is 0.965. The zero-order valence-electron chi connectivity index (χ0n) is 10.3. The van der Waals surface area contributed by atoms with Gasteiger partial charge in [0, 0.05) is 12.2 Å². The lowest BCUT2D eigenvalue weighted by Gasteiger charge is -2.03. The maximum absolute atomic E-state index is 12.1. The summed E-state index contributed by atoms with van der Waals surface area (Å²) in [5.41, 5.74) is 2.76. The molecule has 1 aliphatic heterocycles. The SMILES string of the molecule is O=C(Nc1ccnnc1)c1cc2n(n1)CC1(CC1)C2. The van der Waals surface area contributed by atoms with Crippen molar-refractivity contribution in [2.75, 3.05) is 5.32 Å². The van der Waals surface area contributed by atoms with Gasteiger partial charge in [-0.05, 0) is 36.8 Å². The van der Waals surface area contributed by atoms with Crippen LogP contribution in [0.5, 0.6) is 0 Å². The Morgan fingerprint density at radius 1 is 1.37 bits per heavy atom. The van der Waals surface area contributed by atoms with E-state index in [1.54, 1.807) is 12.3 Å². The Kier molecular flexibility index (Phi) is 2.04. The Balaban J connectivity index is 1.53. The molecule has 1 spiro atoms. The average molecular weight is 255 g/mol. The molecule has 19 heavy (non-hydrogen) atoms. The molecule has 1 saturated carbocycles. The van der Waals surface area contributed by atoms with Gasteiger partial charge in [-0.3, -0.25) is 9.48 Å². The van der Waals surface area contributed by atoms with Crippen molar-refractivity contribution in [1.82, 2.24) is 20.0 Å². The Labute approximate surface area is 109 Å². The van der Waals surface area contributed by atoms with E-state index in [0.29, 0.717) is 16.8 Å². The number of aromatic nitrogens is 4. The predicted octanol–water partition coefficient (Wildman–Crippen LogP) is 1.26. The van der Waals surface area contributed by atoms with Gasteiger partial charge < -0.3 is 5.32 Å². The van der Waals surface area contributed by atoms with Crippen LogP contribution in [-0.4, -0.2) is 25.9 Å². The zero-order valence-corrected chi connectivity index (χ0v) is 10.3. The number of fused-ring (bicyclic) bond motifs is 1. The molecule has 1 N–H and O–H groups in total. The van der Waals surface area contributed by atoms with Crippen molar-refractivity contribution in [3.05, 3.63) is 35.9 Å². The van der Waals surface area contributed by atoms with E-state index in [1.165, 1.54) is 24.7 Å². The number of amides is 1. The van der Waals surface area contributed by atoms with Gasteiger partial charge in [-0.25, -0.2) is 0 Å². The summed E-state index contributed by atoms with van der Waals surface area (Å²) in [7, 11) is 0. The van der Waals surface area contributed by atoms with Crippen LogP contribution >= 0.6 is 0 Å². The fourth-order valence-corrected chi connectivity index (χ4v) is 2.67. The molecule has 0 radical (unpaired) electrons. The number of hydrogen-bond donors (Lipinski definition) is 1. The standard InChI is InChI=1S/C13H13N5O/c19-12(16-9-1-4-14-15-7-9)11-5-10-6-13(2-3-13)8-18(10)17-11/h1,4-5,7H,2-3,6,8H2,(H,14,16,19). The molecular weight excluding hydrogens is 242 g/mol. The van der Waals surface area contributed by atoms with Gasteiger partial charge in [0.05, 0.1) is 18.1 Å². The van der Waals surface area contributed by atoms with E-state index in [0.717, 1.165) is 13.0 Å². The number of rotatable bonds is 2. The topological polar surface area (TPSA) is 72.7 Å². The first-order chi connectivity index (χ1) is 9.24. The third-order valence-corrected chi connectivity index (χ3v) is 3.94. The van der Waals surface area contributed by atoms with Crippen molar-refractivity contribution < 1.29 is 4.79 Å². The largest absolute Gasteiger partial charge is 0.319 e. The molecule has 0 aromatic carbocycles. The molecule has 1 fully saturated rings. The highest BCUT2D eigenvalue weighted by atomic mass is 16.2. The summed E-state index contributed by atoms with van der Waals surface area (Å²) in [6, 6.07) is 3.60. The Bertz CT molecular complexity index is 619. The van der Waals surface area contributed by atoms with Crippen LogP contribution in [0.3, 0.4) is 0 Å². The summed E-state index contributed by atoms with van der Waals surface area (Å²) in [5.74, 6) is -0.195. The lowest BCUT2D eigenvalue weighted by atomic mass is 10.0. The minimum Gasteiger partial charge on any atom is -0.319 e. The second-order valence-electron chi connectivity index (χ2n) is 5.44. The average Bonchev–Trinajstić information content (AvgIpc) is 2.89.